The molecule has 1 heterocycles. The van der Waals surface area contributed by atoms with Gasteiger partial charge >= 0.3 is 0 Å². The van der Waals surface area contributed by atoms with E-state index >= 15 is 0 Å². The molecule has 32 heavy (non-hydrogen) atoms. The van der Waals surface area contributed by atoms with Crippen LogP contribution in [0.25, 0.3) is 5.76 Å². The molecule has 0 aliphatic carbocycles. The van der Waals surface area contributed by atoms with Gasteiger partial charge in [0.2, 0.25) is 0 Å². The number of nitro groups is 1. The Morgan fingerprint density at radius 1 is 1.19 bits per heavy atom. The van der Waals surface area contributed by atoms with Crippen LogP contribution in [0.5, 0.6) is 5.75 Å². The van der Waals surface area contributed by atoms with E-state index in [2.05, 4.69) is 0 Å². The fourth-order valence-corrected chi connectivity index (χ4v) is 3.63. The van der Waals surface area contributed by atoms with Crippen LogP contribution in [0.2, 0.25) is 0 Å². The zero-order valence-corrected chi connectivity index (χ0v) is 18.3. The van der Waals surface area contributed by atoms with Gasteiger partial charge in [0.05, 0.1) is 23.1 Å². The third kappa shape index (κ3) is 4.64. The summed E-state index contributed by atoms with van der Waals surface area (Å²) in [5.74, 6) is -0.929. The number of carbonyl (C=O) groups excluding carboxylic acids is 2. The van der Waals surface area contributed by atoms with Crippen molar-refractivity contribution in [3.05, 3.63) is 75.3 Å². The number of hydrogen-bond acceptors (Lipinski definition) is 6. The minimum atomic E-state index is -0.812. The van der Waals surface area contributed by atoms with Crippen LogP contribution >= 0.6 is 0 Å². The SMILES string of the molecule is CCCN1C(=O)C(=O)/C(=C(\O)c2cccc([N+](=O)[O-])c2)C1c1ccc(OCC(C)C)cc1. The topological polar surface area (TPSA) is 110 Å². The van der Waals surface area contributed by atoms with Crippen molar-refractivity contribution < 1.29 is 24.4 Å². The summed E-state index contributed by atoms with van der Waals surface area (Å²) in [6, 6.07) is 11.6. The summed E-state index contributed by atoms with van der Waals surface area (Å²) < 4.78 is 5.71. The zero-order valence-electron chi connectivity index (χ0n) is 18.3. The molecule has 1 fully saturated rings. The quantitative estimate of drug-likeness (QED) is 0.214. The summed E-state index contributed by atoms with van der Waals surface area (Å²) in [6.45, 7) is 6.85. The highest BCUT2D eigenvalue weighted by molar-refractivity contribution is 6.46. The van der Waals surface area contributed by atoms with Crippen LogP contribution in [0, 0.1) is 16.0 Å². The molecular weight excluding hydrogens is 412 g/mol. The number of likely N-dealkylation sites (tertiary alicyclic amines) is 1. The summed E-state index contributed by atoms with van der Waals surface area (Å²) in [5, 5.41) is 22.1. The molecule has 1 amide bonds. The highest BCUT2D eigenvalue weighted by atomic mass is 16.6. The van der Waals surface area contributed by atoms with Gasteiger partial charge in [-0.15, -0.1) is 0 Å². The van der Waals surface area contributed by atoms with Gasteiger partial charge in [0.25, 0.3) is 17.4 Å². The van der Waals surface area contributed by atoms with Gasteiger partial charge < -0.3 is 14.7 Å². The van der Waals surface area contributed by atoms with Gasteiger partial charge in [0.1, 0.15) is 11.5 Å². The fourth-order valence-electron chi connectivity index (χ4n) is 3.63. The van der Waals surface area contributed by atoms with Crippen LogP contribution in [0.3, 0.4) is 0 Å². The number of rotatable bonds is 8. The Kier molecular flexibility index (Phi) is 6.92. The van der Waals surface area contributed by atoms with E-state index in [4.69, 9.17) is 4.74 Å². The van der Waals surface area contributed by atoms with Crippen molar-refractivity contribution in [3.63, 3.8) is 0 Å². The summed E-state index contributed by atoms with van der Waals surface area (Å²) in [4.78, 5) is 37.6. The zero-order chi connectivity index (χ0) is 23.4. The van der Waals surface area contributed by atoms with Crippen LogP contribution in [-0.4, -0.2) is 39.8 Å². The first-order valence-electron chi connectivity index (χ1n) is 10.5. The number of non-ortho nitro benzene ring substituents is 1. The van der Waals surface area contributed by atoms with Crippen molar-refractivity contribution >= 4 is 23.1 Å². The first-order valence-corrected chi connectivity index (χ1v) is 10.5. The third-order valence-electron chi connectivity index (χ3n) is 5.11. The highest BCUT2D eigenvalue weighted by Crippen LogP contribution is 2.40. The van der Waals surface area contributed by atoms with Gasteiger partial charge in [-0.1, -0.05) is 45.0 Å². The van der Waals surface area contributed by atoms with E-state index in [1.165, 1.54) is 29.2 Å². The van der Waals surface area contributed by atoms with Gasteiger partial charge in [0.15, 0.2) is 0 Å². The number of nitro benzene ring substituents is 1. The van der Waals surface area contributed by atoms with Crippen molar-refractivity contribution in [2.24, 2.45) is 5.92 Å². The second-order valence-corrected chi connectivity index (χ2v) is 8.07. The summed E-state index contributed by atoms with van der Waals surface area (Å²) >= 11 is 0. The lowest BCUT2D eigenvalue weighted by Crippen LogP contribution is -2.30. The Labute approximate surface area is 186 Å². The average Bonchev–Trinajstić information content (AvgIpc) is 3.03. The third-order valence-corrected chi connectivity index (χ3v) is 5.11. The lowest BCUT2D eigenvalue weighted by atomic mass is 9.95. The second-order valence-electron chi connectivity index (χ2n) is 8.07. The van der Waals surface area contributed by atoms with Gasteiger partial charge in [-0.2, -0.15) is 0 Å². The molecule has 2 aromatic rings. The summed E-state index contributed by atoms with van der Waals surface area (Å²) in [6.07, 6.45) is 0.621. The molecular formula is C24H26N2O6. The first kappa shape index (κ1) is 23.0. The Morgan fingerprint density at radius 2 is 1.88 bits per heavy atom. The molecule has 0 spiro atoms. The lowest BCUT2D eigenvalue weighted by Gasteiger charge is -2.25. The van der Waals surface area contributed by atoms with Crippen molar-refractivity contribution in [1.29, 1.82) is 0 Å². The molecule has 3 rings (SSSR count). The van der Waals surface area contributed by atoms with Crippen molar-refractivity contribution in [1.82, 2.24) is 4.90 Å². The number of Topliss-reactive ketones (excluding diaryl/α,β-unsaturated/α-hetero) is 1. The van der Waals surface area contributed by atoms with Crippen molar-refractivity contribution in [3.8, 4) is 5.75 Å². The summed E-state index contributed by atoms with van der Waals surface area (Å²) in [7, 11) is 0. The molecule has 2 aromatic carbocycles. The number of aliphatic hydroxyl groups excluding tert-OH is 1. The maximum Gasteiger partial charge on any atom is 0.295 e. The average molecular weight is 438 g/mol. The smallest absolute Gasteiger partial charge is 0.295 e. The van der Waals surface area contributed by atoms with E-state index in [9.17, 15) is 24.8 Å². The molecule has 0 bridgehead atoms. The van der Waals surface area contributed by atoms with E-state index in [-0.39, 0.29) is 16.8 Å². The Morgan fingerprint density at radius 3 is 2.47 bits per heavy atom. The predicted molar refractivity (Wildman–Crippen MR) is 119 cm³/mol. The number of hydrogen-bond donors (Lipinski definition) is 1. The molecule has 1 atom stereocenters. The number of ether oxygens (including phenoxy) is 1. The Balaban J connectivity index is 2.08. The molecule has 1 saturated heterocycles. The van der Waals surface area contributed by atoms with Crippen LogP contribution in [-0.2, 0) is 9.59 Å². The molecule has 0 saturated carbocycles. The Bertz CT molecular complexity index is 1060. The summed E-state index contributed by atoms with van der Waals surface area (Å²) in [5.41, 5.74) is 0.442. The standard InChI is InChI=1S/C24H26N2O6/c1-4-12-25-21(16-8-10-19(11-9-16)32-14-15(2)3)20(23(28)24(25)29)22(27)17-6-5-7-18(13-17)26(30)31/h5-11,13,15,21,27H,4,12,14H2,1-3H3/b22-20-. The number of carbonyl (C=O) groups is 2. The van der Waals surface area contributed by atoms with Crippen LogP contribution in [0.1, 0.15) is 44.4 Å². The number of nitrogens with zero attached hydrogens (tertiary/aromatic N) is 2. The second kappa shape index (κ2) is 9.64. The Hall–Kier alpha value is -3.68. The molecule has 0 radical (unpaired) electrons. The molecule has 168 valence electrons. The number of ketones is 1. The lowest BCUT2D eigenvalue weighted by molar-refractivity contribution is -0.384. The van der Waals surface area contributed by atoms with E-state index in [1.807, 2.05) is 20.8 Å². The molecule has 8 heteroatoms. The fraction of sp³-hybridized carbons (Fsp3) is 0.333. The van der Waals surface area contributed by atoms with Gasteiger partial charge in [-0.05, 0) is 30.0 Å². The molecule has 8 nitrogen and oxygen atoms in total. The van der Waals surface area contributed by atoms with Gasteiger partial charge in [-0.3, -0.25) is 19.7 Å². The van der Waals surface area contributed by atoms with Crippen LogP contribution in [0.15, 0.2) is 54.1 Å². The molecule has 0 aromatic heterocycles. The largest absolute Gasteiger partial charge is 0.507 e. The minimum Gasteiger partial charge on any atom is -0.507 e. The number of amides is 1. The van der Waals surface area contributed by atoms with Gasteiger partial charge in [-0.25, -0.2) is 0 Å². The first-order chi connectivity index (χ1) is 15.2. The number of benzene rings is 2. The normalized spacial score (nSPS) is 17.8. The van der Waals surface area contributed by atoms with E-state index < -0.39 is 28.4 Å². The maximum atomic E-state index is 12.9. The van der Waals surface area contributed by atoms with Crippen molar-refractivity contribution in [2.75, 3.05) is 13.2 Å². The molecule has 1 aliphatic heterocycles. The molecule has 1 aliphatic rings. The van der Waals surface area contributed by atoms with E-state index in [0.29, 0.717) is 36.8 Å². The molecule has 1 unspecified atom stereocenters. The van der Waals surface area contributed by atoms with E-state index in [1.54, 1.807) is 24.3 Å². The van der Waals surface area contributed by atoms with Crippen LogP contribution < -0.4 is 4.74 Å². The van der Waals surface area contributed by atoms with Gasteiger partial charge in [0, 0.05) is 24.2 Å². The minimum absolute atomic E-state index is 0.0835. The van der Waals surface area contributed by atoms with Crippen molar-refractivity contribution in [2.45, 2.75) is 33.2 Å². The number of aliphatic hydroxyl groups is 1. The van der Waals surface area contributed by atoms with Crippen LogP contribution in [0.4, 0.5) is 5.69 Å². The monoisotopic (exact) mass is 438 g/mol. The maximum absolute atomic E-state index is 12.9. The predicted octanol–water partition coefficient (Wildman–Crippen LogP) is 4.46. The molecule has 1 N–H and O–H groups in total. The van der Waals surface area contributed by atoms with E-state index in [0.717, 1.165) is 0 Å². The highest BCUT2D eigenvalue weighted by Gasteiger charge is 2.45.